The largest absolute Gasteiger partial charge is 0.228 e. The van der Waals surface area contributed by atoms with Crippen LogP contribution in [0.4, 0.5) is 0 Å². The third-order valence-corrected chi connectivity index (χ3v) is 11.9. The van der Waals surface area contributed by atoms with Gasteiger partial charge in [0.25, 0.3) is 0 Å². The van der Waals surface area contributed by atoms with E-state index >= 15 is 0 Å². The molecule has 0 amide bonds. The molecule has 0 bridgehead atoms. The summed E-state index contributed by atoms with van der Waals surface area (Å²) in [6.45, 7) is 4.74. The van der Waals surface area contributed by atoms with Crippen molar-refractivity contribution in [3.8, 4) is 56.2 Å². The summed E-state index contributed by atoms with van der Waals surface area (Å²) in [7, 11) is 0. The Kier molecular flexibility index (Phi) is 6.93. The van der Waals surface area contributed by atoms with Crippen molar-refractivity contribution < 1.29 is 0 Å². The molecule has 0 N–H and O–H groups in total. The van der Waals surface area contributed by atoms with E-state index in [1.54, 1.807) is 0 Å². The molecule has 55 heavy (non-hydrogen) atoms. The van der Waals surface area contributed by atoms with Gasteiger partial charge in [0, 0.05) is 22.1 Å². The molecule has 0 saturated carbocycles. The number of rotatable bonds is 4. The molecule has 0 aliphatic heterocycles. The van der Waals surface area contributed by atoms with Gasteiger partial charge in [0.1, 0.15) is 0 Å². The standard InChI is InChI=1S/C53H36N2/c1-53(2)47-26-14-25-44(51(47)46-29-34-17-6-7-18-35(34)31-48(46)53)42-27-28-43(40-23-12-11-22-39(40)42)49-32-50(55-52(54-49)33-15-4-3-5-16-33)45-30-36-19-8-9-20-37(36)38-21-10-13-24-41(38)45/h3-32H,1-2H3. The maximum Gasteiger partial charge on any atom is 0.160 e. The lowest BCUT2D eigenvalue weighted by atomic mass is 9.81. The average molecular weight is 701 g/mol. The molecule has 0 atom stereocenters. The van der Waals surface area contributed by atoms with E-state index in [4.69, 9.17) is 9.97 Å². The molecule has 1 aliphatic carbocycles. The highest BCUT2D eigenvalue weighted by Gasteiger charge is 2.37. The van der Waals surface area contributed by atoms with E-state index in [1.165, 1.54) is 76.5 Å². The number of hydrogen-bond donors (Lipinski definition) is 0. The predicted octanol–water partition coefficient (Wildman–Crippen LogP) is 14.1. The molecule has 1 aromatic heterocycles. The fourth-order valence-corrected chi connectivity index (χ4v) is 9.16. The second kappa shape index (κ2) is 12.1. The van der Waals surface area contributed by atoms with E-state index in [0.29, 0.717) is 5.82 Å². The molecule has 0 spiro atoms. The summed E-state index contributed by atoms with van der Waals surface area (Å²) < 4.78 is 0. The summed E-state index contributed by atoms with van der Waals surface area (Å²) >= 11 is 0. The van der Waals surface area contributed by atoms with Crippen molar-refractivity contribution in [3.05, 3.63) is 193 Å². The molecule has 258 valence electrons. The Hall–Kier alpha value is -6.90. The van der Waals surface area contributed by atoms with Crippen molar-refractivity contribution >= 4 is 43.1 Å². The minimum atomic E-state index is -0.113. The first-order valence-corrected chi connectivity index (χ1v) is 19.1. The Balaban J connectivity index is 1.15. The SMILES string of the molecule is CC1(C)c2cc3ccccc3cc2-c2c(-c3ccc(-c4cc(-c5cc6ccccc6c6ccccc56)nc(-c5ccccc5)n4)c4ccccc34)cccc21. The molecule has 2 heteroatoms. The lowest BCUT2D eigenvalue weighted by molar-refractivity contribution is 0.661. The van der Waals surface area contributed by atoms with Crippen LogP contribution in [0.3, 0.4) is 0 Å². The van der Waals surface area contributed by atoms with Gasteiger partial charge in [-0.3, -0.25) is 0 Å². The maximum atomic E-state index is 5.32. The summed E-state index contributed by atoms with van der Waals surface area (Å²) in [6, 6.07) is 66.0. The van der Waals surface area contributed by atoms with Crippen LogP contribution in [0.15, 0.2) is 182 Å². The van der Waals surface area contributed by atoms with E-state index in [-0.39, 0.29) is 5.41 Å². The highest BCUT2D eigenvalue weighted by Crippen LogP contribution is 2.54. The molecule has 0 unspecified atom stereocenters. The predicted molar refractivity (Wildman–Crippen MR) is 231 cm³/mol. The number of benzene rings is 9. The molecule has 0 radical (unpaired) electrons. The van der Waals surface area contributed by atoms with Gasteiger partial charge in [-0.05, 0) is 101 Å². The molecular weight excluding hydrogens is 665 g/mol. The fourth-order valence-electron chi connectivity index (χ4n) is 9.16. The van der Waals surface area contributed by atoms with Crippen LogP contribution in [0.5, 0.6) is 0 Å². The van der Waals surface area contributed by atoms with Crippen molar-refractivity contribution in [3.63, 3.8) is 0 Å². The van der Waals surface area contributed by atoms with Gasteiger partial charge in [-0.15, -0.1) is 0 Å². The molecule has 1 aliphatic rings. The second-order valence-corrected chi connectivity index (χ2v) is 15.3. The van der Waals surface area contributed by atoms with Crippen LogP contribution in [-0.2, 0) is 5.41 Å². The second-order valence-electron chi connectivity index (χ2n) is 15.3. The van der Waals surface area contributed by atoms with Gasteiger partial charge in [0.15, 0.2) is 5.82 Å². The molecule has 10 aromatic rings. The van der Waals surface area contributed by atoms with Gasteiger partial charge in [-0.1, -0.05) is 172 Å². The third kappa shape index (κ3) is 4.88. The van der Waals surface area contributed by atoms with E-state index in [0.717, 1.165) is 28.1 Å². The number of aromatic nitrogens is 2. The Morgan fingerprint density at radius 3 is 1.64 bits per heavy atom. The van der Waals surface area contributed by atoms with Gasteiger partial charge < -0.3 is 0 Å². The summed E-state index contributed by atoms with van der Waals surface area (Å²) in [4.78, 5) is 10.6. The average Bonchev–Trinajstić information content (AvgIpc) is 3.47. The lowest BCUT2D eigenvalue weighted by Gasteiger charge is -2.22. The topological polar surface area (TPSA) is 25.8 Å². The smallest absolute Gasteiger partial charge is 0.160 e. The van der Waals surface area contributed by atoms with Crippen LogP contribution >= 0.6 is 0 Å². The molecule has 11 rings (SSSR count). The van der Waals surface area contributed by atoms with Crippen molar-refractivity contribution in [2.75, 3.05) is 0 Å². The Morgan fingerprint density at radius 1 is 0.345 bits per heavy atom. The summed E-state index contributed by atoms with van der Waals surface area (Å²) in [5.74, 6) is 0.713. The van der Waals surface area contributed by atoms with Crippen LogP contribution in [0, 0.1) is 0 Å². The minimum Gasteiger partial charge on any atom is -0.228 e. The normalized spacial score (nSPS) is 13.1. The van der Waals surface area contributed by atoms with Gasteiger partial charge >= 0.3 is 0 Å². The van der Waals surface area contributed by atoms with Gasteiger partial charge in [-0.25, -0.2) is 9.97 Å². The summed E-state index contributed by atoms with van der Waals surface area (Å²) in [5.41, 5.74) is 12.8. The first kappa shape index (κ1) is 31.6. The maximum absolute atomic E-state index is 5.32. The Bertz CT molecular complexity index is 3170. The summed E-state index contributed by atoms with van der Waals surface area (Å²) in [5, 5.41) is 9.77. The first-order chi connectivity index (χ1) is 27.0. The Morgan fingerprint density at radius 2 is 0.891 bits per heavy atom. The van der Waals surface area contributed by atoms with Gasteiger partial charge in [0.05, 0.1) is 11.4 Å². The zero-order valence-corrected chi connectivity index (χ0v) is 30.7. The monoisotopic (exact) mass is 700 g/mol. The fraction of sp³-hybridized carbons (Fsp3) is 0.0566. The van der Waals surface area contributed by atoms with Gasteiger partial charge in [0.2, 0.25) is 0 Å². The van der Waals surface area contributed by atoms with Crippen LogP contribution in [0.25, 0.3) is 99.2 Å². The van der Waals surface area contributed by atoms with Crippen LogP contribution in [-0.4, -0.2) is 9.97 Å². The van der Waals surface area contributed by atoms with E-state index in [2.05, 4.69) is 190 Å². The van der Waals surface area contributed by atoms with Gasteiger partial charge in [-0.2, -0.15) is 0 Å². The molecule has 1 heterocycles. The van der Waals surface area contributed by atoms with Crippen LogP contribution < -0.4 is 0 Å². The zero-order chi connectivity index (χ0) is 36.7. The molecule has 0 saturated heterocycles. The highest BCUT2D eigenvalue weighted by atomic mass is 14.9. The van der Waals surface area contributed by atoms with Crippen molar-refractivity contribution in [2.45, 2.75) is 19.3 Å². The van der Waals surface area contributed by atoms with Crippen molar-refractivity contribution in [1.82, 2.24) is 9.97 Å². The van der Waals surface area contributed by atoms with E-state index in [9.17, 15) is 0 Å². The lowest BCUT2D eigenvalue weighted by Crippen LogP contribution is -2.14. The van der Waals surface area contributed by atoms with Crippen LogP contribution in [0.2, 0.25) is 0 Å². The molecule has 9 aromatic carbocycles. The van der Waals surface area contributed by atoms with E-state index in [1.807, 2.05) is 6.07 Å². The number of fused-ring (bicyclic) bond motifs is 8. The van der Waals surface area contributed by atoms with Crippen LogP contribution in [0.1, 0.15) is 25.0 Å². The Labute approximate surface area is 320 Å². The first-order valence-electron chi connectivity index (χ1n) is 19.1. The molecular formula is C53H36N2. The zero-order valence-electron chi connectivity index (χ0n) is 30.7. The van der Waals surface area contributed by atoms with Crippen molar-refractivity contribution in [2.24, 2.45) is 0 Å². The molecule has 0 fully saturated rings. The third-order valence-electron chi connectivity index (χ3n) is 11.9. The van der Waals surface area contributed by atoms with Crippen molar-refractivity contribution in [1.29, 1.82) is 0 Å². The summed E-state index contributed by atoms with van der Waals surface area (Å²) in [6.07, 6.45) is 0. The minimum absolute atomic E-state index is 0.113. The number of hydrogen-bond acceptors (Lipinski definition) is 2. The quantitative estimate of drug-likeness (QED) is 0.171. The highest BCUT2D eigenvalue weighted by molar-refractivity contribution is 6.14. The number of nitrogens with zero attached hydrogens (tertiary/aromatic N) is 2. The van der Waals surface area contributed by atoms with E-state index < -0.39 is 0 Å². The molecule has 2 nitrogen and oxygen atoms in total.